The van der Waals surface area contributed by atoms with Crippen molar-refractivity contribution in [1.82, 2.24) is 9.88 Å². The topological polar surface area (TPSA) is 110 Å². The first-order valence-corrected chi connectivity index (χ1v) is 16.9. The van der Waals surface area contributed by atoms with Gasteiger partial charge in [-0.3, -0.25) is 19.8 Å². The number of ether oxygens (including phenoxy) is 2. The molecule has 1 fully saturated rings. The number of rotatable bonds is 13. The van der Waals surface area contributed by atoms with E-state index in [1.54, 1.807) is 23.1 Å². The van der Waals surface area contributed by atoms with Crippen molar-refractivity contribution in [3.05, 3.63) is 146 Å². The van der Waals surface area contributed by atoms with Crippen LogP contribution in [0.25, 0.3) is 17.0 Å². The van der Waals surface area contributed by atoms with Crippen LogP contribution >= 0.6 is 23.4 Å². The number of nitro benzene ring substituents is 1. The normalized spacial score (nSPS) is 14.6. The van der Waals surface area contributed by atoms with Crippen molar-refractivity contribution in [3.8, 4) is 11.5 Å². The molecular weight excluding hydrogens is 660 g/mol. The van der Waals surface area contributed by atoms with E-state index in [9.17, 15) is 14.9 Å². The fraction of sp³-hybridized carbons (Fsp3) is 0.158. The van der Waals surface area contributed by atoms with Gasteiger partial charge in [-0.25, -0.2) is 4.99 Å². The number of aromatic amines is 1. The van der Waals surface area contributed by atoms with Crippen molar-refractivity contribution in [3.63, 3.8) is 0 Å². The molecule has 248 valence electrons. The van der Waals surface area contributed by atoms with Crippen molar-refractivity contribution in [2.24, 2.45) is 4.99 Å². The first-order chi connectivity index (χ1) is 23.8. The van der Waals surface area contributed by atoms with Crippen LogP contribution in [0.4, 0.5) is 11.4 Å². The maximum Gasteiger partial charge on any atom is 0.269 e. The summed E-state index contributed by atoms with van der Waals surface area (Å²) >= 11 is 7.32. The van der Waals surface area contributed by atoms with Gasteiger partial charge in [0.1, 0.15) is 6.61 Å². The van der Waals surface area contributed by atoms with Crippen LogP contribution in [0, 0.1) is 10.1 Å². The van der Waals surface area contributed by atoms with Gasteiger partial charge < -0.3 is 14.5 Å². The van der Waals surface area contributed by atoms with Crippen LogP contribution < -0.4 is 9.47 Å². The van der Waals surface area contributed by atoms with Gasteiger partial charge in [0.05, 0.1) is 22.1 Å². The molecule has 0 unspecified atom stereocenters. The Bertz CT molecular complexity index is 2070. The van der Waals surface area contributed by atoms with Gasteiger partial charge in [-0.2, -0.15) is 0 Å². The zero-order valence-electron chi connectivity index (χ0n) is 26.7. The van der Waals surface area contributed by atoms with E-state index in [2.05, 4.69) is 17.6 Å². The maximum absolute atomic E-state index is 14.0. The monoisotopic (exact) mass is 692 g/mol. The van der Waals surface area contributed by atoms with E-state index in [1.165, 1.54) is 23.9 Å². The van der Waals surface area contributed by atoms with E-state index in [0.29, 0.717) is 64.9 Å². The number of carbonyl (C=O) groups is 1. The third kappa shape index (κ3) is 7.88. The molecule has 0 radical (unpaired) electrons. The van der Waals surface area contributed by atoms with Gasteiger partial charge in [0.25, 0.3) is 11.6 Å². The number of thioether (sulfide) groups is 1. The molecule has 1 aliphatic rings. The summed E-state index contributed by atoms with van der Waals surface area (Å²) in [6.45, 7) is 6.98. The molecule has 49 heavy (non-hydrogen) atoms. The fourth-order valence-corrected chi connectivity index (χ4v) is 6.66. The van der Waals surface area contributed by atoms with Crippen LogP contribution in [0.3, 0.4) is 0 Å². The van der Waals surface area contributed by atoms with E-state index < -0.39 is 4.92 Å². The number of fused-ring (bicyclic) bond motifs is 1. The number of nitrogens with one attached hydrogen (secondary N) is 1. The van der Waals surface area contributed by atoms with Crippen molar-refractivity contribution < 1.29 is 19.2 Å². The van der Waals surface area contributed by atoms with Gasteiger partial charge >= 0.3 is 0 Å². The van der Waals surface area contributed by atoms with Gasteiger partial charge in [-0.15, -0.1) is 6.58 Å². The summed E-state index contributed by atoms with van der Waals surface area (Å²) in [5.74, 6) is 0.996. The zero-order chi connectivity index (χ0) is 34.3. The number of hydrogen-bond acceptors (Lipinski definition) is 7. The molecule has 1 amide bonds. The van der Waals surface area contributed by atoms with Gasteiger partial charge in [0.2, 0.25) is 0 Å². The Hall–Kier alpha value is -5.32. The largest absolute Gasteiger partial charge is 0.490 e. The summed E-state index contributed by atoms with van der Waals surface area (Å²) in [5.41, 5.74) is 5.19. The van der Waals surface area contributed by atoms with Crippen molar-refractivity contribution in [2.75, 3.05) is 13.2 Å². The average molecular weight is 693 g/mol. The summed E-state index contributed by atoms with van der Waals surface area (Å²) in [5, 5.41) is 13.4. The van der Waals surface area contributed by atoms with Gasteiger partial charge in [0.15, 0.2) is 16.7 Å². The van der Waals surface area contributed by atoms with E-state index in [4.69, 9.17) is 26.1 Å². The quantitative estimate of drug-likeness (QED) is 0.0570. The number of amidine groups is 1. The number of para-hydroxylation sites is 1. The second-order valence-electron chi connectivity index (χ2n) is 11.2. The number of benzene rings is 4. The molecule has 0 atom stereocenters. The number of nitrogens with zero attached hydrogens (tertiary/aromatic N) is 3. The highest BCUT2D eigenvalue weighted by atomic mass is 35.5. The van der Waals surface area contributed by atoms with Crippen LogP contribution in [-0.4, -0.2) is 39.0 Å². The second-order valence-corrected chi connectivity index (χ2v) is 12.6. The van der Waals surface area contributed by atoms with Crippen molar-refractivity contribution in [1.29, 1.82) is 0 Å². The molecule has 0 saturated carbocycles. The Morgan fingerprint density at radius 2 is 1.82 bits per heavy atom. The lowest BCUT2D eigenvalue weighted by Crippen LogP contribution is -2.31. The summed E-state index contributed by atoms with van der Waals surface area (Å²) in [4.78, 5) is 35.0. The summed E-state index contributed by atoms with van der Waals surface area (Å²) in [7, 11) is 0. The number of carbonyl (C=O) groups excluding carboxylic acids is 1. The van der Waals surface area contributed by atoms with Crippen molar-refractivity contribution >= 4 is 62.8 Å². The van der Waals surface area contributed by atoms with Crippen LogP contribution in [0.5, 0.6) is 11.5 Å². The Morgan fingerprint density at radius 1 is 1.04 bits per heavy atom. The summed E-state index contributed by atoms with van der Waals surface area (Å²) in [6.07, 6.45) is 6.73. The lowest BCUT2D eigenvalue weighted by molar-refractivity contribution is -0.384. The van der Waals surface area contributed by atoms with E-state index in [1.807, 2.05) is 73.8 Å². The highest BCUT2D eigenvalue weighted by Crippen LogP contribution is 2.39. The molecule has 1 N–H and O–H groups in total. The van der Waals surface area contributed by atoms with E-state index >= 15 is 0 Å². The number of H-pyrrole nitrogens is 1. The molecule has 0 bridgehead atoms. The molecule has 4 aromatic carbocycles. The van der Waals surface area contributed by atoms with Gasteiger partial charge in [-0.05, 0) is 96.8 Å². The number of non-ortho nitro benzene ring substituents is 1. The Balaban J connectivity index is 1.33. The zero-order valence-corrected chi connectivity index (χ0v) is 28.3. The summed E-state index contributed by atoms with van der Waals surface area (Å²) in [6, 6.07) is 25.3. The molecule has 11 heteroatoms. The smallest absolute Gasteiger partial charge is 0.269 e. The number of nitro groups is 1. The van der Waals surface area contributed by atoms with Crippen LogP contribution in [0.2, 0.25) is 5.02 Å². The van der Waals surface area contributed by atoms with Gasteiger partial charge in [-0.1, -0.05) is 48.0 Å². The highest BCUT2D eigenvalue weighted by Gasteiger charge is 2.33. The third-order valence-electron chi connectivity index (χ3n) is 7.87. The predicted octanol–water partition coefficient (Wildman–Crippen LogP) is 9.28. The maximum atomic E-state index is 14.0. The number of amides is 1. The molecule has 2 heterocycles. The Morgan fingerprint density at radius 3 is 2.55 bits per heavy atom. The fourth-order valence-electron chi connectivity index (χ4n) is 5.51. The molecule has 5 aromatic rings. The average Bonchev–Trinajstić information content (AvgIpc) is 3.64. The van der Waals surface area contributed by atoms with Crippen LogP contribution in [0.1, 0.15) is 29.2 Å². The third-order valence-corrected chi connectivity index (χ3v) is 9.12. The molecule has 1 aliphatic heterocycles. The minimum absolute atomic E-state index is 0.0306. The van der Waals surface area contributed by atoms with Crippen LogP contribution in [0.15, 0.2) is 114 Å². The SMILES string of the molecule is C=CCc1cc(/C=C2\SC(=Nc3ccc([N+](=O)[O-])cc3)N(CCc3c[nH]c4ccccc34)C2=O)cc(OCC)c1OCc1ccc(Cl)cc1. The van der Waals surface area contributed by atoms with Crippen molar-refractivity contribution in [2.45, 2.75) is 26.4 Å². The number of aliphatic imine (C=N–C) groups is 1. The first-order valence-electron chi connectivity index (χ1n) is 15.7. The Labute approximate surface area is 293 Å². The van der Waals surface area contributed by atoms with E-state index in [0.717, 1.165) is 33.2 Å². The lowest BCUT2D eigenvalue weighted by Gasteiger charge is -2.17. The number of halogens is 1. The first kappa shape index (κ1) is 33.6. The highest BCUT2D eigenvalue weighted by molar-refractivity contribution is 8.18. The summed E-state index contributed by atoms with van der Waals surface area (Å²) < 4.78 is 12.3. The Kier molecular flexibility index (Phi) is 10.5. The molecule has 0 aliphatic carbocycles. The molecule has 9 nitrogen and oxygen atoms in total. The lowest BCUT2D eigenvalue weighted by atomic mass is 10.0. The minimum Gasteiger partial charge on any atom is -0.490 e. The van der Waals surface area contributed by atoms with Gasteiger partial charge in [0, 0.05) is 46.4 Å². The van der Waals surface area contributed by atoms with Crippen LogP contribution in [-0.2, 0) is 24.2 Å². The predicted molar refractivity (Wildman–Crippen MR) is 197 cm³/mol. The molecule has 1 saturated heterocycles. The molecular formula is C38H33ClN4O5S. The number of hydrogen-bond donors (Lipinski definition) is 1. The number of allylic oxidation sites excluding steroid dienone is 1. The standard InChI is InChI=1S/C38H33ClN4O5S/c1-3-7-27-20-26(21-34(47-4-2)36(27)48-24-25-10-12-29(39)13-11-25)22-35-37(44)42(19-18-28-23-40-33-9-6-5-8-32(28)33)38(49-35)41-30-14-16-31(17-15-30)43(45)46/h3,5-6,8-17,20-23,40H,1,4,7,18-19,24H2,2H3/b35-22-,41-38?. The molecule has 0 spiro atoms. The van der Waals surface area contributed by atoms with E-state index in [-0.39, 0.29) is 11.6 Å². The number of aromatic nitrogens is 1. The molecule has 6 rings (SSSR count). The minimum atomic E-state index is -0.454. The molecule has 1 aromatic heterocycles. The second kappa shape index (κ2) is 15.3.